The minimum Gasteiger partial charge on any atom is -0.354 e. The van der Waals surface area contributed by atoms with Crippen molar-refractivity contribution in [2.75, 3.05) is 13.1 Å². The van der Waals surface area contributed by atoms with Gasteiger partial charge in [-0.15, -0.1) is 0 Å². The second-order valence-electron chi connectivity index (χ2n) is 7.83. The van der Waals surface area contributed by atoms with Crippen LogP contribution in [-0.2, 0) is 14.4 Å². The Hall–Kier alpha value is -3.36. The highest BCUT2D eigenvalue weighted by Gasteiger charge is 2.35. The van der Waals surface area contributed by atoms with E-state index >= 15 is 0 Å². The standard InChI is InChI=1S/C25H22ClN3O4S/c1-16(30)28-12-10-18-4-2-3-5-20(18)21(28)15-23(31)27-11-13-29-24(32)22(34-25(29)33)14-17-6-8-19(26)9-7-17/h2-10,12,14,21H,11,13,15H2,1H3,(H,27,31). The van der Waals surface area contributed by atoms with Crippen molar-refractivity contribution < 1.29 is 19.2 Å². The van der Waals surface area contributed by atoms with E-state index in [-0.39, 0.29) is 36.6 Å². The molecule has 4 rings (SSSR count). The van der Waals surface area contributed by atoms with E-state index in [0.717, 1.165) is 33.4 Å². The lowest BCUT2D eigenvalue weighted by Gasteiger charge is -2.32. The zero-order chi connectivity index (χ0) is 24.2. The fourth-order valence-electron chi connectivity index (χ4n) is 3.87. The summed E-state index contributed by atoms with van der Waals surface area (Å²) < 4.78 is 0. The predicted molar refractivity (Wildman–Crippen MR) is 132 cm³/mol. The molecule has 2 aromatic carbocycles. The summed E-state index contributed by atoms with van der Waals surface area (Å²) in [5.41, 5.74) is 2.62. The van der Waals surface area contributed by atoms with Crippen molar-refractivity contribution >= 4 is 58.5 Å². The summed E-state index contributed by atoms with van der Waals surface area (Å²) in [6.07, 6.45) is 5.25. The molecular weight excluding hydrogens is 474 g/mol. The Morgan fingerprint density at radius 1 is 1.12 bits per heavy atom. The number of amides is 4. The van der Waals surface area contributed by atoms with Gasteiger partial charge in [0.05, 0.1) is 17.4 Å². The zero-order valence-corrected chi connectivity index (χ0v) is 19.9. The highest BCUT2D eigenvalue weighted by Crippen LogP contribution is 2.33. The number of hydrogen-bond donors (Lipinski definition) is 1. The van der Waals surface area contributed by atoms with Gasteiger partial charge in [0.25, 0.3) is 11.1 Å². The van der Waals surface area contributed by atoms with Gasteiger partial charge in [0.15, 0.2) is 0 Å². The summed E-state index contributed by atoms with van der Waals surface area (Å²) in [5.74, 6) is -0.827. The average molecular weight is 496 g/mol. The fraction of sp³-hybridized carbons (Fsp3) is 0.200. The molecule has 0 spiro atoms. The van der Waals surface area contributed by atoms with E-state index in [1.165, 1.54) is 6.92 Å². The molecule has 0 aliphatic carbocycles. The zero-order valence-electron chi connectivity index (χ0n) is 18.4. The van der Waals surface area contributed by atoms with Crippen LogP contribution < -0.4 is 5.32 Å². The van der Waals surface area contributed by atoms with Crippen molar-refractivity contribution in [3.8, 4) is 0 Å². The molecule has 1 N–H and O–H groups in total. The number of benzene rings is 2. The maximum absolute atomic E-state index is 12.7. The van der Waals surface area contributed by atoms with Crippen LogP contribution in [0.3, 0.4) is 0 Å². The second-order valence-corrected chi connectivity index (χ2v) is 9.26. The Morgan fingerprint density at radius 3 is 2.59 bits per heavy atom. The molecule has 2 aliphatic heterocycles. The van der Waals surface area contributed by atoms with Gasteiger partial charge < -0.3 is 10.2 Å². The van der Waals surface area contributed by atoms with Crippen LogP contribution >= 0.6 is 23.4 Å². The molecule has 2 heterocycles. The summed E-state index contributed by atoms with van der Waals surface area (Å²) in [6.45, 7) is 1.64. The molecule has 1 atom stereocenters. The molecule has 0 bridgehead atoms. The van der Waals surface area contributed by atoms with Crippen molar-refractivity contribution in [3.63, 3.8) is 0 Å². The highest BCUT2D eigenvalue weighted by molar-refractivity contribution is 8.18. The SMILES string of the molecule is CC(=O)N1C=Cc2ccccc2C1CC(=O)NCCN1C(=O)SC(=Cc2ccc(Cl)cc2)C1=O. The number of fused-ring (bicyclic) bond motifs is 1. The van der Waals surface area contributed by atoms with E-state index in [0.29, 0.717) is 9.93 Å². The Bertz CT molecular complexity index is 1210. The van der Waals surface area contributed by atoms with Crippen LogP contribution in [0.2, 0.25) is 5.02 Å². The van der Waals surface area contributed by atoms with Gasteiger partial charge in [-0.3, -0.25) is 24.1 Å². The number of nitrogens with one attached hydrogen (secondary N) is 1. The summed E-state index contributed by atoms with van der Waals surface area (Å²) in [7, 11) is 0. The first-order chi connectivity index (χ1) is 16.3. The Kier molecular flexibility index (Phi) is 7.19. The van der Waals surface area contributed by atoms with E-state index in [1.54, 1.807) is 41.4 Å². The monoisotopic (exact) mass is 495 g/mol. The van der Waals surface area contributed by atoms with Crippen LogP contribution in [0.5, 0.6) is 0 Å². The van der Waals surface area contributed by atoms with E-state index < -0.39 is 11.9 Å². The molecule has 2 aliphatic rings. The maximum Gasteiger partial charge on any atom is 0.293 e. The van der Waals surface area contributed by atoms with Crippen LogP contribution in [0, 0.1) is 0 Å². The lowest BCUT2D eigenvalue weighted by Crippen LogP contribution is -2.39. The topological polar surface area (TPSA) is 86.8 Å². The number of imide groups is 1. The molecule has 0 saturated carbocycles. The summed E-state index contributed by atoms with van der Waals surface area (Å²) in [4.78, 5) is 52.7. The number of nitrogens with zero attached hydrogens (tertiary/aromatic N) is 2. The third-order valence-electron chi connectivity index (χ3n) is 5.55. The maximum atomic E-state index is 12.7. The van der Waals surface area contributed by atoms with E-state index in [4.69, 9.17) is 11.6 Å². The quantitative estimate of drug-likeness (QED) is 0.598. The first kappa shape index (κ1) is 23.8. The van der Waals surface area contributed by atoms with Gasteiger partial charge in [0.2, 0.25) is 11.8 Å². The molecular formula is C25H22ClN3O4S. The molecule has 9 heteroatoms. The molecule has 0 aromatic heterocycles. The molecule has 1 unspecified atom stereocenters. The van der Waals surface area contributed by atoms with E-state index in [1.807, 2.05) is 30.3 Å². The van der Waals surface area contributed by atoms with Crippen molar-refractivity contribution in [1.82, 2.24) is 15.1 Å². The number of carbonyl (C=O) groups excluding carboxylic acids is 4. The number of thioether (sulfide) groups is 1. The predicted octanol–water partition coefficient (Wildman–Crippen LogP) is 4.46. The van der Waals surface area contributed by atoms with Crippen LogP contribution in [0.15, 0.2) is 59.6 Å². The minimum atomic E-state index is -0.418. The Labute approximate surface area is 206 Å². The summed E-state index contributed by atoms with van der Waals surface area (Å²) in [6, 6.07) is 14.1. The normalized spacial score (nSPS) is 18.4. The lowest BCUT2D eigenvalue weighted by atomic mass is 9.93. The van der Waals surface area contributed by atoms with Gasteiger partial charge in [0.1, 0.15) is 0 Å². The van der Waals surface area contributed by atoms with Gasteiger partial charge in [-0.1, -0.05) is 48.0 Å². The Morgan fingerprint density at radius 2 is 1.85 bits per heavy atom. The second kappa shape index (κ2) is 10.3. The molecule has 1 saturated heterocycles. The van der Waals surface area contributed by atoms with Crippen molar-refractivity contribution in [1.29, 1.82) is 0 Å². The third-order valence-corrected chi connectivity index (χ3v) is 6.71. The molecule has 1 fully saturated rings. The highest BCUT2D eigenvalue weighted by atomic mass is 35.5. The Balaban J connectivity index is 1.35. The summed E-state index contributed by atoms with van der Waals surface area (Å²) in [5, 5.41) is 2.97. The van der Waals surface area contributed by atoms with E-state index in [9.17, 15) is 19.2 Å². The number of rotatable bonds is 6. The summed E-state index contributed by atoms with van der Waals surface area (Å²) >= 11 is 6.75. The van der Waals surface area contributed by atoms with Crippen LogP contribution in [-0.4, -0.2) is 45.9 Å². The first-order valence-corrected chi connectivity index (χ1v) is 11.9. The number of carbonyl (C=O) groups is 4. The number of hydrogen-bond acceptors (Lipinski definition) is 5. The lowest BCUT2D eigenvalue weighted by molar-refractivity contribution is -0.130. The van der Waals surface area contributed by atoms with Gasteiger partial charge in [-0.05, 0) is 52.7 Å². The van der Waals surface area contributed by atoms with Gasteiger partial charge >= 0.3 is 0 Å². The van der Waals surface area contributed by atoms with Crippen LogP contribution in [0.25, 0.3) is 12.2 Å². The smallest absolute Gasteiger partial charge is 0.293 e. The van der Waals surface area contributed by atoms with E-state index in [2.05, 4.69) is 5.32 Å². The number of halogens is 1. The minimum absolute atomic E-state index is 0.0615. The van der Waals surface area contributed by atoms with Crippen LogP contribution in [0.4, 0.5) is 4.79 Å². The van der Waals surface area contributed by atoms with Crippen molar-refractivity contribution in [3.05, 3.63) is 81.3 Å². The molecule has 4 amide bonds. The average Bonchev–Trinajstić information content (AvgIpc) is 3.08. The van der Waals surface area contributed by atoms with Crippen LogP contribution in [0.1, 0.15) is 36.1 Å². The van der Waals surface area contributed by atoms with Gasteiger partial charge in [0, 0.05) is 31.2 Å². The van der Waals surface area contributed by atoms with Gasteiger partial charge in [-0.25, -0.2) is 0 Å². The largest absolute Gasteiger partial charge is 0.354 e. The fourth-order valence-corrected chi connectivity index (χ4v) is 4.86. The molecule has 34 heavy (non-hydrogen) atoms. The molecule has 7 nitrogen and oxygen atoms in total. The molecule has 0 radical (unpaired) electrons. The third kappa shape index (κ3) is 5.24. The first-order valence-electron chi connectivity index (χ1n) is 10.7. The van der Waals surface area contributed by atoms with Crippen molar-refractivity contribution in [2.45, 2.75) is 19.4 Å². The molecule has 2 aromatic rings. The van der Waals surface area contributed by atoms with Crippen molar-refractivity contribution in [2.24, 2.45) is 0 Å². The molecule has 174 valence electrons. The van der Waals surface area contributed by atoms with Gasteiger partial charge in [-0.2, -0.15) is 0 Å².